The van der Waals surface area contributed by atoms with Crippen LogP contribution in [-0.4, -0.2) is 24.5 Å². The standard InChI is InChI=1S/C23H23NO4/c1-4-13-27-22-14-17(9-12-21(22)26-3)23-24-18(15-28-23)10-11-20(25)19-8-6-5-7-16(19)2/h4-9,12,14-15H,1,10-11,13H2,2-3H3. The molecule has 0 bridgehead atoms. The molecule has 5 nitrogen and oxygen atoms in total. The summed E-state index contributed by atoms with van der Waals surface area (Å²) in [6.07, 6.45) is 4.16. The Labute approximate surface area is 164 Å². The zero-order chi connectivity index (χ0) is 19.9. The Hall–Kier alpha value is -3.34. The largest absolute Gasteiger partial charge is 0.493 e. The first-order valence-corrected chi connectivity index (χ1v) is 9.07. The number of benzene rings is 2. The summed E-state index contributed by atoms with van der Waals surface area (Å²) in [5.41, 5.74) is 3.25. The zero-order valence-electron chi connectivity index (χ0n) is 16.1. The van der Waals surface area contributed by atoms with Gasteiger partial charge in [0.15, 0.2) is 17.3 Å². The number of rotatable bonds is 9. The summed E-state index contributed by atoms with van der Waals surface area (Å²) in [5.74, 6) is 1.80. The fourth-order valence-corrected chi connectivity index (χ4v) is 2.89. The molecule has 2 aromatic carbocycles. The molecule has 0 aliphatic heterocycles. The zero-order valence-corrected chi connectivity index (χ0v) is 16.1. The van der Waals surface area contributed by atoms with E-state index in [0.29, 0.717) is 36.8 Å². The number of nitrogens with zero attached hydrogens (tertiary/aromatic N) is 1. The Morgan fingerprint density at radius 1 is 1.21 bits per heavy atom. The van der Waals surface area contributed by atoms with Gasteiger partial charge in [0.1, 0.15) is 12.9 Å². The number of methoxy groups -OCH3 is 1. The van der Waals surface area contributed by atoms with Gasteiger partial charge in [0.2, 0.25) is 5.89 Å². The van der Waals surface area contributed by atoms with Crippen LogP contribution in [0.2, 0.25) is 0 Å². The Kier molecular flexibility index (Phi) is 6.27. The fourth-order valence-electron chi connectivity index (χ4n) is 2.89. The van der Waals surface area contributed by atoms with Crippen molar-refractivity contribution in [3.8, 4) is 23.0 Å². The summed E-state index contributed by atoms with van der Waals surface area (Å²) < 4.78 is 16.5. The van der Waals surface area contributed by atoms with Gasteiger partial charge in [-0.3, -0.25) is 4.79 Å². The lowest BCUT2D eigenvalue weighted by Crippen LogP contribution is -2.03. The van der Waals surface area contributed by atoms with Gasteiger partial charge in [-0.2, -0.15) is 0 Å². The Balaban J connectivity index is 1.71. The molecule has 0 aliphatic rings. The van der Waals surface area contributed by atoms with Crippen LogP contribution in [0.1, 0.15) is 28.0 Å². The summed E-state index contributed by atoms with van der Waals surface area (Å²) in [4.78, 5) is 16.9. The highest BCUT2D eigenvalue weighted by Crippen LogP contribution is 2.32. The second kappa shape index (κ2) is 9.04. The molecule has 3 rings (SSSR count). The van der Waals surface area contributed by atoms with Crippen LogP contribution < -0.4 is 9.47 Å². The predicted molar refractivity (Wildman–Crippen MR) is 108 cm³/mol. The minimum Gasteiger partial charge on any atom is -0.493 e. The summed E-state index contributed by atoms with van der Waals surface area (Å²) >= 11 is 0. The Morgan fingerprint density at radius 2 is 2.04 bits per heavy atom. The van der Waals surface area contributed by atoms with E-state index in [1.165, 1.54) is 0 Å². The Bertz CT molecular complexity index is 974. The molecule has 1 heterocycles. The normalized spacial score (nSPS) is 10.5. The van der Waals surface area contributed by atoms with Crippen LogP contribution in [-0.2, 0) is 6.42 Å². The van der Waals surface area contributed by atoms with E-state index in [0.717, 1.165) is 22.4 Å². The van der Waals surface area contributed by atoms with Crippen molar-refractivity contribution >= 4 is 5.78 Å². The third-order valence-corrected chi connectivity index (χ3v) is 4.37. The molecule has 0 unspecified atom stereocenters. The Morgan fingerprint density at radius 3 is 2.79 bits per heavy atom. The van der Waals surface area contributed by atoms with Gasteiger partial charge >= 0.3 is 0 Å². The van der Waals surface area contributed by atoms with Crippen molar-refractivity contribution < 1.29 is 18.7 Å². The maximum absolute atomic E-state index is 12.4. The summed E-state index contributed by atoms with van der Waals surface area (Å²) in [5, 5.41) is 0. The number of carbonyl (C=O) groups excluding carboxylic acids is 1. The van der Waals surface area contributed by atoms with Crippen LogP contribution in [0.3, 0.4) is 0 Å². The molecule has 1 aromatic heterocycles. The van der Waals surface area contributed by atoms with E-state index in [4.69, 9.17) is 13.9 Å². The molecule has 28 heavy (non-hydrogen) atoms. The smallest absolute Gasteiger partial charge is 0.226 e. The van der Waals surface area contributed by atoms with Gasteiger partial charge in [-0.05, 0) is 30.7 Å². The van der Waals surface area contributed by atoms with Crippen LogP contribution in [0, 0.1) is 6.92 Å². The average Bonchev–Trinajstić information content (AvgIpc) is 3.19. The van der Waals surface area contributed by atoms with Gasteiger partial charge in [-0.1, -0.05) is 36.9 Å². The van der Waals surface area contributed by atoms with E-state index in [1.54, 1.807) is 25.5 Å². The minimum absolute atomic E-state index is 0.104. The third-order valence-electron chi connectivity index (χ3n) is 4.37. The van der Waals surface area contributed by atoms with Crippen molar-refractivity contribution in [2.75, 3.05) is 13.7 Å². The quantitative estimate of drug-likeness (QED) is 0.386. The molecule has 0 saturated heterocycles. The molecular weight excluding hydrogens is 354 g/mol. The SMILES string of the molecule is C=CCOc1cc(-c2nc(CCC(=O)c3ccccc3C)co2)ccc1OC. The lowest BCUT2D eigenvalue weighted by molar-refractivity contribution is 0.0982. The molecule has 5 heteroatoms. The van der Waals surface area contributed by atoms with Gasteiger partial charge < -0.3 is 13.9 Å². The van der Waals surface area contributed by atoms with Gasteiger partial charge in [-0.25, -0.2) is 4.98 Å². The number of aryl methyl sites for hydroxylation is 2. The van der Waals surface area contributed by atoms with Crippen molar-refractivity contribution in [2.45, 2.75) is 19.8 Å². The van der Waals surface area contributed by atoms with Gasteiger partial charge in [0, 0.05) is 24.0 Å². The van der Waals surface area contributed by atoms with Crippen molar-refractivity contribution in [1.82, 2.24) is 4.98 Å². The van der Waals surface area contributed by atoms with Gasteiger partial charge in [-0.15, -0.1) is 0 Å². The van der Waals surface area contributed by atoms with E-state index in [9.17, 15) is 4.79 Å². The van der Waals surface area contributed by atoms with E-state index in [2.05, 4.69) is 11.6 Å². The molecule has 144 valence electrons. The van der Waals surface area contributed by atoms with Gasteiger partial charge in [0.05, 0.1) is 12.8 Å². The van der Waals surface area contributed by atoms with Crippen LogP contribution in [0.15, 0.2) is 65.8 Å². The molecular formula is C23H23NO4. The van der Waals surface area contributed by atoms with E-state index >= 15 is 0 Å². The molecule has 0 N–H and O–H groups in total. The van der Waals surface area contributed by atoms with Crippen molar-refractivity contribution in [3.63, 3.8) is 0 Å². The fraction of sp³-hybridized carbons (Fsp3) is 0.217. The van der Waals surface area contributed by atoms with Crippen molar-refractivity contribution in [3.05, 3.63) is 78.2 Å². The van der Waals surface area contributed by atoms with Gasteiger partial charge in [0.25, 0.3) is 0 Å². The van der Waals surface area contributed by atoms with Crippen LogP contribution in [0.5, 0.6) is 11.5 Å². The highest BCUT2D eigenvalue weighted by molar-refractivity contribution is 5.97. The molecule has 3 aromatic rings. The number of Topliss-reactive ketones (excluding diaryl/α,β-unsaturated/α-hetero) is 1. The number of ketones is 1. The van der Waals surface area contributed by atoms with E-state index < -0.39 is 0 Å². The third kappa shape index (κ3) is 4.49. The highest BCUT2D eigenvalue weighted by Gasteiger charge is 2.13. The first-order chi connectivity index (χ1) is 13.6. The number of aromatic nitrogens is 1. The molecule has 0 spiro atoms. The number of hydrogen-bond acceptors (Lipinski definition) is 5. The van der Waals surface area contributed by atoms with Crippen LogP contribution in [0.4, 0.5) is 0 Å². The maximum Gasteiger partial charge on any atom is 0.226 e. The number of oxazole rings is 1. The first-order valence-electron chi connectivity index (χ1n) is 9.07. The molecule has 0 saturated carbocycles. The first kappa shape index (κ1) is 19.4. The van der Waals surface area contributed by atoms with Crippen molar-refractivity contribution in [2.24, 2.45) is 0 Å². The molecule has 0 radical (unpaired) electrons. The van der Waals surface area contributed by atoms with E-state index in [-0.39, 0.29) is 5.78 Å². The molecule has 0 fully saturated rings. The molecule has 0 aliphatic carbocycles. The second-order valence-corrected chi connectivity index (χ2v) is 6.35. The highest BCUT2D eigenvalue weighted by atomic mass is 16.5. The predicted octanol–water partition coefficient (Wildman–Crippen LogP) is 5.04. The second-order valence-electron chi connectivity index (χ2n) is 6.35. The number of ether oxygens (including phenoxy) is 2. The lowest BCUT2D eigenvalue weighted by Gasteiger charge is -2.09. The molecule has 0 amide bonds. The summed E-state index contributed by atoms with van der Waals surface area (Å²) in [6, 6.07) is 13.1. The maximum atomic E-state index is 12.4. The summed E-state index contributed by atoms with van der Waals surface area (Å²) in [7, 11) is 1.59. The van der Waals surface area contributed by atoms with Crippen LogP contribution >= 0.6 is 0 Å². The van der Waals surface area contributed by atoms with E-state index in [1.807, 2.05) is 43.3 Å². The average molecular weight is 377 g/mol. The number of hydrogen-bond donors (Lipinski definition) is 0. The monoisotopic (exact) mass is 377 g/mol. The number of carbonyl (C=O) groups is 1. The van der Waals surface area contributed by atoms with Crippen molar-refractivity contribution in [1.29, 1.82) is 0 Å². The molecule has 0 atom stereocenters. The topological polar surface area (TPSA) is 61.6 Å². The summed E-state index contributed by atoms with van der Waals surface area (Å²) in [6.45, 7) is 5.97. The minimum atomic E-state index is 0.104. The lowest BCUT2D eigenvalue weighted by atomic mass is 10.0. The van der Waals surface area contributed by atoms with Crippen LogP contribution in [0.25, 0.3) is 11.5 Å².